The van der Waals surface area contributed by atoms with Crippen molar-refractivity contribution in [2.75, 3.05) is 52.8 Å². The molecule has 2 aliphatic heterocycles. The minimum Gasteiger partial charge on any atom is -0.493 e. The van der Waals surface area contributed by atoms with Crippen molar-refractivity contribution >= 4 is 17.6 Å². The zero-order chi connectivity index (χ0) is 28.2. The minimum atomic E-state index is -4.46. The van der Waals surface area contributed by atoms with Crippen LogP contribution in [0, 0.1) is 11.8 Å². The van der Waals surface area contributed by atoms with Crippen LogP contribution in [0.25, 0.3) is 0 Å². The number of amides is 3. The summed E-state index contributed by atoms with van der Waals surface area (Å²) in [6.07, 6.45) is -1.08. The highest BCUT2D eigenvalue weighted by molar-refractivity contribution is 5.95. The average Bonchev–Trinajstić information content (AvgIpc) is 2.95. The largest absolute Gasteiger partial charge is 0.493 e. The van der Waals surface area contributed by atoms with Crippen LogP contribution in [0.1, 0.15) is 41.6 Å². The number of hydrogen-bond donors (Lipinski definition) is 1. The molecule has 8 nitrogen and oxygen atoms in total. The number of carbonyl (C=O) groups excluding carboxylic acids is 2. The highest BCUT2D eigenvalue weighted by Crippen LogP contribution is 2.39. The predicted molar refractivity (Wildman–Crippen MR) is 139 cm³/mol. The Balaban J connectivity index is 1.28. The van der Waals surface area contributed by atoms with Crippen molar-refractivity contribution in [3.05, 3.63) is 47.5 Å². The van der Waals surface area contributed by atoms with Crippen molar-refractivity contribution in [2.45, 2.75) is 31.9 Å². The van der Waals surface area contributed by atoms with Gasteiger partial charge < -0.3 is 29.3 Å². The number of ether oxygens (including phenoxy) is 3. The van der Waals surface area contributed by atoms with Crippen molar-refractivity contribution in [1.82, 2.24) is 9.80 Å². The van der Waals surface area contributed by atoms with Crippen molar-refractivity contribution in [1.29, 1.82) is 0 Å². The molecule has 0 radical (unpaired) electrons. The molecule has 2 fully saturated rings. The summed E-state index contributed by atoms with van der Waals surface area (Å²) in [5, 5.41) is 2.59. The Bertz CT molecular complexity index is 1150. The number of piperidine rings is 2. The first-order valence-corrected chi connectivity index (χ1v) is 13.0. The molecule has 2 aromatic carbocycles. The number of hydrogen-bond acceptors (Lipinski definition) is 5. The van der Waals surface area contributed by atoms with Crippen LogP contribution in [0.15, 0.2) is 36.4 Å². The zero-order valence-electron chi connectivity index (χ0n) is 22.3. The molecule has 2 aliphatic rings. The molecule has 0 unspecified atom stereocenters. The molecule has 2 aromatic rings. The van der Waals surface area contributed by atoms with E-state index in [0.29, 0.717) is 60.8 Å². The van der Waals surface area contributed by atoms with Crippen molar-refractivity contribution in [3.63, 3.8) is 0 Å². The molecule has 0 spiro atoms. The van der Waals surface area contributed by atoms with Gasteiger partial charge >= 0.3 is 12.2 Å². The van der Waals surface area contributed by atoms with E-state index in [4.69, 9.17) is 14.2 Å². The van der Waals surface area contributed by atoms with E-state index in [9.17, 15) is 22.8 Å². The fourth-order valence-corrected chi connectivity index (χ4v) is 5.51. The number of carbonyl (C=O) groups is 2. The lowest BCUT2D eigenvalue weighted by molar-refractivity contribution is -0.137. The van der Waals surface area contributed by atoms with Crippen molar-refractivity contribution in [2.24, 2.45) is 11.8 Å². The molecule has 39 heavy (non-hydrogen) atoms. The molecule has 212 valence electrons. The van der Waals surface area contributed by atoms with Crippen molar-refractivity contribution in [3.8, 4) is 17.2 Å². The van der Waals surface area contributed by atoms with Crippen LogP contribution in [-0.2, 0) is 6.18 Å². The number of rotatable bonds is 6. The number of anilines is 1. The Labute approximate surface area is 226 Å². The van der Waals surface area contributed by atoms with Gasteiger partial charge in [0.25, 0.3) is 5.91 Å². The Hall–Kier alpha value is -3.63. The summed E-state index contributed by atoms with van der Waals surface area (Å²) in [4.78, 5) is 29.4. The fraction of sp³-hybridized carbons (Fsp3) is 0.500. The molecule has 0 atom stereocenters. The highest BCUT2D eigenvalue weighted by Gasteiger charge is 2.33. The predicted octanol–water partition coefficient (Wildman–Crippen LogP) is 5.53. The van der Waals surface area contributed by atoms with Crippen LogP contribution >= 0.6 is 0 Å². The number of benzene rings is 2. The second-order valence-electron chi connectivity index (χ2n) is 9.88. The van der Waals surface area contributed by atoms with E-state index in [2.05, 4.69) is 5.32 Å². The lowest BCUT2D eigenvalue weighted by Crippen LogP contribution is -2.45. The molecular formula is C28H34F3N3O5. The maximum atomic E-state index is 13.2. The van der Waals surface area contributed by atoms with Gasteiger partial charge in [0.1, 0.15) is 0 Å². The van der Waals surface area contributed by atoms with Crippen molar-refractivity contribution < 1.29 is 37.0 Å². The van der Waals surface area contributed by atoms with Crippen LogP contribution in [0.4, 0.5) is 23.7 Å². The molecule has 3 amide bonds. The van der Waals surface area contributed by atoms with E-state index >= 15 is 0 Å². The molecule has 0 saturated carbocycles. The zero-order valence-corrected chi connectivity index (χ0v) is 22.3. The Morgan fingerprint density at radius 2 is 1.36 bits per heavy atom. The van der Waals surface area contributed by atoms with Crippen LogP contribution < -0.4 is 19.5 Å². The molecule has 2 saturated heterocycles. The summed E-state index contributed by atoms with van der Waals surface area (Å²) in [5.74, 6) is 2.08. The smallest absolute Gasteiger partial charge is 0.416 e. The topological polar surface area (TPSA) is 80.3 Å². The molecule has 11 heteroatoms. The molecule has 1 N–H and O–H groups in total. The maximum absolute atomic E-state index is 13.2. The Morgan fingerprint density at radius 3 is 1.85 bits per heavy atom. The van der Waals surface area contributed by atoms with Gasteiger partial charge in [-0.3, -0.25) is 4.79 Å². The quantitative estimate of drug-likeness (QED) is 0.513. The van der Waals surface area contributed by atoms with E-state index in [-0.39, 0.29) is 11.6 Å². The van der Waals surface area contributed by atoms with Gasteiger partial charge in [0, 0.05) is 37.4 Å². The van der Waals surface area contributed by atoms with Gasteiger partial charge in [-0.25, -0.2) is 4.79 Å². The third kappa shape index (κ3) is 6.51. The summed E-state index contributed by atoms with van der Waals surface area (Å²) < 4.78 is 55.0. The third-order valence-corrected chi connectivity index (χ3v) is 7.67. The lowest BCUT2D eigenvalue weighted by Gasteiger charge is -2.40. The molecular weight excluding hydrogens is 515 g/mol. The Morgan fingerprint density at radius 1 is 0.821 bits per heavy atom. The first-order chi connectivity index (χ1) is 18.6. The van der Waals surface area contributed by atoms with E-state index in [0.717, 1.165) is 37.8 Å². The SMILES string of the molecule is COc1cc(C(=O)N2CCC(C3CCN(C(=O)Nc4cccc(C(F)(F)F)c4)CC3)CC2)cc(OC)c1OC. The maximum Gasteiger partial charge on any atom is 0.416 e. The fourth-order valence-electron chi connectivity index (χ4n) is 5.51. The van der Waals surface area contributed by atoms with E-state index < -0.39 is 17.8 Å². The monoisotopic (exact) mass is 549 g/mol. The third-order valence-electron chi connectivity index (χ3n) is 7.67. The van der Waals surface area contributed by atoms with E-state index in [1.54, 1.807) is 17.0 Å². The molecule has 0 bridgehead atoms. The number of methoxy groups -OCH3 is 3. The molecule has 0 aromatic heterocycles. The number of nitrogens with zero attached hydrogens (tertiary/aromatic N) is 2. The van der Waals surface area contributed by atoms with Gasteiger partial charge in [-0.05, 0) is 67.9 Å². The van der Waals surface area contributed by atoms with Crippen LogP contribution in [0.3, 0.4) is 0 Å². The Kier molecular flexibility index (Phi) is 8.76. The summed E-state index contributed by atoms with van der Waals surface area (Å²) in [7, 11) is 4.54. The van der Waals surface area contributed by atoms with Gasteiger partial charge in [-0.15, -0.1) is 0 Å². The van der Waals surface area contributed by atoms with Gasteiger partial charge in [0.05, 0.1) is 26.9 Å². The number of halogens is 3. The van der Waals surface area contributed by atoms with Gasteiger partial charge in [0.2, 0.25) is 5.75 Å². The standard InChI is InChI=1S/C28H34F3N3O5/c1-37-23-15-20(16-24(38-2)25(23)39-3)26(35)33-11-7-18(8-12-33)19-9-13-34(14-10-19)27(36)32-22-6-4-5-21(17-22)28(29,30)31/h4-6,15-19H,7-14H2,1-3H3,(H,32,36). The van der Waals surface area contributed by atoms with Gasteiger partial charge in [-0.2, -0.15) is 13.2 Å². The molecule has 0 aliphatic carbocycles. The summed E-state index contributed by atoms with van der Waals surface area (Å²) in [6.45, 7) is 2.35. The number of alkyl halides is 3. The summed E-state index contributed by atoms with van der Waals surface area (Å²) >= 11 is 0. The first kappa shape index (κ1) is 28.4. The second-order valence-corrected chi connectivity index (χ2v) is 9.88. The highest BCUT2D eigenvalue weighted by atomic mass is 19.4. The van der Waals surface area contributed by atoms with Gasteiger partial charge in [-0.1, -0.05) is 6.07 Å². The number of likely N-dealkylation sites (tertiary alicyclic amines) is 2. The average molecular weight is 550 g/mol. The van der Waals surface area contributed by atoms with Crippen LogP contribution in [0.5, 0.6) is 17.2 Å². The first-order valence-electron chi connectivity index (χ1n) is 13.0. The second kappa shape index (κ2) is 12.0. The normalized spacial score (nSPS) is 17.1. The van der Waals surface area contributed by atoms with Crippen LogP contribution in [-0.4, -0.2) is 69.2 Å². The molecule has 4 rings (SSSR count). The summed E-state index contributed by atoms with van der Waals surface area (Å²) in [6, 6.07) is 7.59. The van der Waals surface area contributed by atoms with E-state index in [1.165, 1.54) is 33.5 Å². The lowest BCUT2D eigenvalue weighted by atomic mass is 9.79. The van der Waals surface area contributed by atoms with Gasteiger partial charge in [0.15, 0.2) is 11.5 Å². The summed E-state index contributed by atoms with van der Waals surface area (Å²) in [5.41, 5.74) is -0.196. The minimum absolute atomic E-state index is 0.0891. The van der Waals surface area contributed by atoms with Crippen LogP contribution in [0.2, 0.25) is 0 Å². The van der Waals surface area contributed by atoms with E-state index in [1.807, 2.05) is 4.90 Å². The molecule has 2 heterocycles. The number of urea groups is 1. The number of nitrogens with one attached hydrogen (secondary N) is 1.